The molecule has 0 atom stereocenters. The Labute approximate surface area is 178 Å². The smallest absolute Gasteiger partial charge is 0.197 e. The summed E-state index contributed by atoms with van der Waals surface area (Å²) in [6.07, 6.45) is 1.41. The SMILES string of the molecule is C=COCCn1c2ccc(C)cc2c(=O)c2cc3[nH]c4ccc(C)cc4c(=O)c3cc21. The maximum absolute atomic E-state index is 13.4. The molecule has 0 saturated carbocycles. The van der Waals surface area contributed by atoms with E-state index in [-0.39, 0.29) is 10.9 Å². The molecule has 0 unspecified atom stereocenters. The van der Waals surface area contributed by atoms with Crippen molar-refractivity contribution in [2.24, 2.45) is 0 Å². The maximum atomic E-state index is 13.4. The number of rotatable bonds is 4. The van der Waals surface area contributed by atoms with E-state index >= 15 is 0 Å². The van der Waals surface area contributed by atoms with Crippen molar-refractivity contribution in [3.63, 3.8) is 0 Å². The number of aryl methyl sites for hydroxylation is 2. The van der Waals surface area contributed by atoms with Crippen LogP contribution in [0.3, 0.4) is 0 Å². The van der Waals surface area contributed by atoms with Gasteiger partial charge in [-0.3, -0.25) is 9.59 Å². The van der Waals surface area contributed by atoms with Gasteiger partial charge in [-0.1, -0.05) is 29.8 Å². The van der Waals surface area contributed by atoms with Gasteiger partial charge < -0.3 is 14.3 Å². The van der Waals surface area contributed by atoms with Crippen LogP contribution in [0.15, 0.2) is 71.0 Å². The van der Waals surface area contributed by atoms with Crippen LogP contribution < -0.4 is 10.9 Å². The third kappa shape index (κ3) is 3.01. The van der Waals surface area contributed by atoms with E-state index in [9.17, 15) is 9.59 Å². The van der Waals surface area contributed by atoms with Gasteiger partial charge in [0.05, 0.1) is 29.4 Å². The molecule has 5 nitrogen and oxygen atoms in total. The average Bonchev–Trinajstić information content (AvgIpc) is 2.76. The summed E-state index contributed by atoms with van der Waals surface area (Å²) in [6, 6.07) is 15.3. The van der Waals surface area contributed by atoms with Crippen molar-refractivity contribution in [3.05, 3.63) is 92.9 Å². The van der Waals surface area contributed by atoms with E-state index in [1.807, 2.05) is 60.9 Å². The highest BCUT2D eigenvalue weighted by Gasteiger charge is 2.15. The zero-order valence-electron chi connectivity index (χ0n) is 17.5. The van der Waals surface area contributed by atoms with E-state index in [0.29, 0.717) is 40.2 Å². The van der Waals surface area contributed by atoms with Crippen LogP contribution in [0.5, 0.6) is 0 Å². The van der Waals surface area contributed by atoms with Gasteiger partial charge >= 0.3 is 0 Å². The normalized spacial score (nSPS) is 11.5. The Morgan fingerprint density at radius 1 is 0.839 bits per heavy atom. The first kappa shape index (κ1) is 19.1. The summed E-state index contributed by atoms with van der Waals surface area (Å²) in [4.78, 5) is 30.1. The summed E-state index contributed by atoms with van der Waals surface area (Å²) >= 11 is 0. The standard InChI is InChI=1S/C26H22N2O3/c1-4-31-10-9-28-23-8-6-16(3)12-19(23)26(30)20-13-22-18(14-24(20)28)25(29)17-11-15(2)5-7-21(17)27-22/h4-8,11-14H,1,9-10H2,2-3H3,(H,27,29). The molecule has 2 aromatic heterocycles. The molecule has 0 aliphatic carbocycles. The lowest BCUT2D eigenvalue weighted by molar-refractivity contribution is 0.239. The molecule has 3 aromatic carbocycles. The van der Waals surface area contributed by atoms with Gasteiger partial charge in [0.25, 0.3) is 0 Å². The number of hydrogen-bond donors (Lipinski definition) is 1. The van der Waals surface area contributed by atoms with E-state index in [1.165, 1.54) is 6.26 Å². The Bertz CT molecular complexity index is 1640. The van der Waals surface area contributed by atoms with Gasteiger partial charge in [0.1, 0.15) is 6.61 Å². The molecule has 2 heterocycles. The summed E-state index contributed by atoms with van der Waals surface area (Å²) in [6.45, 7) is 8.48. The molecular weight excluding hydrogens is 388 g/mol. The second-order valence-electron chi connectivity index (χ2n) is 7.96. The minimum absolute atomic E-state index is 0.0404. The van der Waals surface area contributed by atoms with Gasteiger partial charge in [0.15, 0.2) is 10.9 Å². The van der Waals surface area contributed by atoms with Crippen LogP contribution in [0.4, 0.5) is 0 Å². The third-order valence-corrected chi connectivity index (χ3v) is 5.84. The van der Waals surface area contributed by atoms with E-state index < -0.39 is 0 Å². The van der Waals surface area contributed by atoms with Crippen molar-refractivity contribution >= 4 is 43.6 Å². The van der Waals surface area contributed by atoms with E-state index in [0.717, 1.165) is 27.7 Å². The van der Waals surface area contributed by atoms with Crippen LogP contribution in [-0.4, -0.2) is 16.2 Å². The number of ether oxygens (including phenoxy) is 1. The van der Waals surface area contributed by atoms with Crippen LogP contribution in [0.25, 0.3) is 43.6 Å². The molecule has 0 bridgehead atoms. The first-order chi connectivity index (χ1) is 15.0. The molecule has 31 heavy (non-hydrogen) atoms. The predicted octanol–water partition coefficient (Wildman–Crippen LogP) is 4.93. The fraction of sp³-hybridized carbons (Fsp3) is 0.154. The molecule has 0 saturated heterocycles. The molecule has 5 rings (SSSR count). The number of nitrogens with zero attached hydrogens (tertiary/aromatic N) is 1. The van der Waals surface area contributed by atoms with Gasteiger partial charge in [-0.05, 0) is 50.2 Å². The highest BCUT2D eigenvalue weighted by Crippen LogP contribution is 2.25. The quantitative estimate of drug-likeness (QED) is 0.260. The summed E-state index contributed by atoms with van der Waals surface area (Å²) in [5, 5.41) is 2.44. The Balaban J connectivity index is 1.95. The molecule has 0 aliphatic heterocycles. The number of H-pyrrole nitrogens is 1. The molecule has 0 amide bonds. The fourth-order valence-electron chi connectivity index (χ4n) is 4.34. The zero-order chi connectivity index (χ0) is 21.7. The molecular formula is C26H22N2O3. The Morgan fingerprint density at radius 3 is 2.26 bits per heavy atom. The topological polar surface area (TPSA) is 64.1 Å². The molecule has 5 aromatic rings. The van der Waals surface area contributed by atoms with Crippen molar-refractivity contribution < 1.29 is 4.74 Å². The number of fused-ring (bicyclic) bond motifs is 4. The predicted molar refractivity (Wildman–Crippen MR) is 127 cm³/mol. The van der Waals surface area contributed by atoms with E-state index in [1.54, 1.807) is 6.07 Å². The summed E-state index contributed by atoms with van der Waals surface area (Å²) in [5.41, 5.74) is 4.93. The molecule has 5 heteroatoms. The molecule has 0 fully saturated rings. The molecule has 154 valence electrons. The Morgan fingerprint density at radius 2 is 1.48 bits per heavy atom. The number of benzene rings is 3. The largest absolute Gasteiger partial charge is 0.500 e. The number of pyridine rings is 2. The fourth-order valence-corrected chi connectivity index (χ4v) is 4.34. The highest BCUT2D eigenvalue weighted by molar-refractivity contribution is 6.03. The molecule has 0 spiro atoms. The third-order valence-electron chi connectivity index (χ3n) is 5.84. The molecule has 0 aliphatic rings. The van der Waals surface area contributed by atoms with Crippen LogP contribution in [0.1, 0.15) is 11.1 Å². The monoisotopic (exact) mass is 410 g/mol. The summed E-state index contributed by atoms with van der Waals surface area (Å²) in [7, 11) is 0. The minimum atomic E-state index is -0.0420. The average molecular weight is 410 g/mol. The number of hydrogen-bond acceptors (Lipinski definition) is 3. The zero-order valence-corrected chi connectivity index (χ0v) is 17.5. The number of aromatic nitrogens is 2. The number of nitrogens with one attached hydrogen (secondary N) is 1. The summed E-state index contributed by atoms with van der Waals surface area (Å²) in [5.74, 6) is 0. The van der Waals surface area contributed by atoms with Crippen molar-refractivity contribution in [2.45, 2.75) is 20.4 Å². The first-order valence-corrected chi connectivity index (χ1v) is 10.2. The highest BCUT2D eigenvalue weighted by atomic mass is 16.5. The Hall–Kier alpha value is -3.86. The number of aromatic amines is 1. The van der Waals surface area contributed by atoms with Crippen LogP contribution in [-0.2, 0) is 11.3 Å². The second-order valence-corrected chi connectivity index (χ2v) is 7.96. The van der Waals surface area contributed by atoms with Gasteiger partial charge in [-0.25, -0.2) is 0 Å². The van der Waals surface area contributed by atoms with Gasteiger partial charge in [0, 0.05) is 27.1 Å². The Kier molecular flexibility index (Phi) is 4.40. The van der Waals surface area contributed by atoms with Crippen LogP contribution in [0, 0.1) is 13.8 Å². The van der Waals surface area contributed by atoms with E-state index in [4.69, 9.17) is 4.74 Å². The van der Waals surface area contributed by atoms with E-state index in [2.05, 4.69) is 11.6 Å². The van der Waals surface area contributed by atoms with Crippen molar-refractivity contribution in [1.82, 2.24) is 9.55 Å². The van der Waals surface area contributed by atoms with Crippen molar-refractivity contribution in [1.29, 1.82) is 0 Å². The van der Waals surface area contributed by atoms with Crippen LogP contribution in [0.2, 0.25) is 0 Å². The molecule has 0 radical (unpaired) electrons. The minimum Gasteiger partial charge on any atom is -0.500 e. The van der Waals surface area contributed by atoms with Gasteiger partial charge in [0.2, 0.25) is 0 Å². The van der Waals surface area contributed by atoms with Crippen molar-refractivity contribution in [2.75, 3.05) is 6.61 Å². The lowest BCUT2D eigenvalue weighted by atomic mass is 10.0. The molecule has 1 N–H and O–H groups in total. The maximum Gasteiger partial charge on any atom is 0.197 e. The van der Waals surface area contributed by atoms with Gasteiger partial charge in [-0.2, -0.15) is 0 Å². The summed E-state index contributed by atoms with van der Waals surface area (Å²) < 4.78 is 7.42. The lowest BCUT2D eigenvalue weighted by Crippen LogP contribution is -2.15. The lowest BCUT2D eigenvalue weighted by Gasteiger charge is -2.16. The second kappa shape index (κ2) is 7.13. The first-order valence-electron chi connectivity index (χ1n) is 10.2. The van der Waals surface area contributed by atoms with Crippen molar-refractivity contribution in [3.8, 4) is 0 Å². The van der Waals surface area contributed by atoms with Crippen LogP contribution >= 0.6 is 0 Å². The van der Waals surface area contributed by atoms with Gasteiger partial charge in [-0.15, -0.1) is 0 Å².